The third-order valence-electron chi connectivity index (χ3n) is 4.69. The average Bonchev–Trinajstić information content (AvgIpc) is 3.03. The Morgan fingerprint density at radius 3 is 2.00 bits per heavy atom. The highest BCUT2D eigenvalue weighted by molar-refractivity contribution is 8.04. The molecule has 3 aromatic rings. The number of thioether (sulfide) groups is 1. The molecule has 3 aromatic carbocycles. The molecule has 30 heavy (non-hydrogen) atoms. The van der Waals surface area contributed by atoms with E-state index < -0.39 is 0 Å². The van der Waals surface area contributed by atoms with Crippen LogP contribution in [0, 0.1) is 0 Å². The van der Waals surface area contributed by atoms with E-state index in [-0.39, 0.29) is 11.8 Å². The number of methoxy groups -OCH3 is 2. The zero-order valence-electron chi connectivity index (χ0n) is 16.5. The standard InChI is InChI=1S/C24H19NO4S/c1-28-19-14-13-16(15-20(19)29-2)21-22(30-18-11-7-4-8-12-18)24(27)25(23(21)26)17-9-5-3-6-10-17/h3-15H,1-2H3. The summed E-state index contributed by atoms with van der Waals surface area (Å²) < 4.78 is 10.7. The first kappa shape index (κ1) is 19.8. The molecule has 0 saturated carbocycles. The van der Waals surface area contributed by atoms with Gasteiger partial charge in [-0.3, -0.25) is 9.59 Å². The number of hydrogen-bond acceptors (Lipinski definition) is 5. The number of carbonyl (C=O) groups is 2. The molecule has 5 nitrogen and oxygen atoms in total. The van der Waals surface area contributed by atoms with E-state index in [0.29, 0.717) is 33.2 Å². The van der Waals surface area contributed by atoms with Crippen molar-refractivity contribution in [2.75, 3.05) is 19.1 Å². The summed E-state index contributed by atoms with van der Waals surface area (Å²) in [6, 6.07) is 23.7. The van der Waals surface area contributed by atoms with E-state index in [1.54, 1.807) is 49.6 Å². The lowest BCUT2D eigenvalue weighted by Gasteiger charge is -2.15. The van der Waals surface area contributed by atoms with E-state index in [1.807, 2.05) is 36.4 Å². The molecule has 0 fully saturated rings. The van der Waals surface area contributed by atoms with Crippen molar-refractivity contribution in [3.8, 4) is 11.5 Å². The number of para-hydroxylation sites is 1. The molecule has 150 valence electrons. The van der Waals surface area contributed by atoms with Crippen LogP contribution in [0.15, 0.2) is 88.7 Å². The first-order chi connectivity index (χ1) is 14.6. The van der Waals surface area contributed by atoms with Gasteiger partial charge in [0.2, 0.25) is 0 Å². The van der Waals surface area contributed by atoms with Gasteiger partial charge >= 0.3 is 0 Å². The number of carbonyl (C=O) groups excluding carboxylic acids is 2. The summed E-state index contributed by atoms with van der Waals surface area (Å²) in [6.45, 7) is 0. The fourth-order valence-corrected chi connectivity index (χ4v) is 4.28. The number of hydrogen-bond donors (Lipinski definition) is 0. The third-order valence-corrected chi connectivity index (χ3v) is 5.78. The van der Waals surface area contributed by atoms with Crippen molar-refractivity contribution in [3.63, 3.8) is 0 Å². The lowest BCUT2D eigenvalue weighted by molar-refractivity contribution is -0.119. The molecule has 0 atom stereocenters. The van der Waals surface area contributed by atoms with Gasteiger partial charge in [0.05, 0.1) is 30.4 Å². The van der Waals surface area contributed by atoms with Gasteiger partial charge in [-0.05, 0) is 42.0 Å². The molecule has 1 aliphatic rings. The molecule has 4 rings (SSSR count). The normalized spacial score (nSPS) is 13.7. The minimum atomic E-state index is -0.364. The van der Waals surface area contributed by atoms with Crippen LogP contribution in [0.1, 0.15) is 5.56 Å². The summed E-state index contributed by atoms with van der Waals surface area (Å²) in [5.74, 6) is 0.336. The molecule has 0 aromatic heterocycles. The minimum absolute atomic E-state index is 0.343. The Labute approximate surface area is 178 Å². The third kappa shape index (κ3) is 3.57. The van der Waals surface area contributed by atoms with Gasteiger partial charge in [0.25, 0.3) is 11.8 Å². The number of nitrogens with zero attached hydrogens (tertiary/aromatic N) is 1. The Bertz CT molecular complexity index is 1130. The molecule has 1 aliphatic heterocycles. The number of imide groups is 1. The van der Waals surface area contributed by atoms with Crippen molar-refractivity contribution in [2.45, 2.75) is 4.90 Å². The van der Waals surface area contributed by atoms with Crippen molar-refractivity contribution in [2.24, 2.45) is 0 Å². The molecule has 0 spiro atoms. The number of amides is 2. The molecule has 0 saturated heterocycles. The first-order valence-electron chi connectivity index (χ1n) is 9.27. The van der Waals surface area contributed by atoms with Crippen LogP contribution in [-0.2, 0) is 9.59 Å². The maximum Gasteiger partial charge on any atom is 0.272 e. The fraction of sp³-hybridized carbons (Fsp3) is 0.0833. The van der Waals surface area contributed by atoms with Crippen molar-refractivity contribution in [1.29, 1.82) is 0 Å². The van der Waals surface area contributed by atoms with Gasteiger partial charge in [-0.25, -0.2) is 4.90 Å². The zero-order valence-corrected chi connectivity index (χ0v) is 17.3. The van der Waals surface area contributed by atoms with Crippen molar-refractivity contribution < 1.29 is 19.1 Å². The Balaban J connectivity index is 1.85. The van der Waals surface area contributed by atoms with Gasteiger partial charge in [-0.2, -0.15) is 0 Å². The second-order valence-corrected chi connectivity index (χ2v) is 7.55. The molecule has 0 aliphatic carbocycles. The quantitative estimate of drug-likeness (QED) is 0.540. The van der Waals surface area contributed by atoms with E-state index in [9.17, 15) is 9.59 Å². The summed E-state index contributed by atoms with van der Waals surface area (Å²) in [5.41, 5.74) is 1.48. The average molecular weight is 417 g/mol. The lowest BCUT2D eigenvalue weighted by Crippen LogP contribution is -2.31. The van der Waals surface area contributed by atoms with Crippen LogP contribution in [-0.4, -0.2) is 26.0 Å². The van der Waals surface area contributed by atoms with Gasteiger partial charge in [0, 0.05) is 4.90 Å². The van der Waals surface area contributed by atoms with Gasteiger partial charge in [0.1, 0.15) is 0 Å². The SMILES string of the molecule is COc1ccc(C2=C(Sc3ccccc3)C(=O)N(c3ccccc3)C2=O)cc1OC. The number of benzene rings is 3. The Hall–Kier alpha value is -3.51. The highest BCUT2D eigenvalue weighted by Crippen LogP contribution is 2.42. The summed E-state index contributed by atoms with van der Waals surface area (Å²) in [5, 5.41) is 0. The maximum absolute atomic E-state index is 13.4. The largest absolute Gasteiger partial charge is 0.493 e. The Morgan fingerprint density at radius 2 is 1.37 bits per heavy atom. The number of anilines is 1. The Morgan fingerprint density at radius 1 is 0.733 bits per heavy atom. The van der Waals surface area contributed by atoms with Crippen LogP contribution in [0.4, 0.5) is 5.69 Å². The summed E-state index contributed by atoms with van der Waals surface area (Å²) in [7, 11) is 3.09. The van der Waals surface area contributed by atoms with Crippen LogP contribution in [0.25, 0.3) is 5.57 Å². The van der Waals surface area contributed by atoms with Crippen molar-refractivity contribution in [3.05, 3.63) is 89.3 Å². The van der Waals surface area contributed by atoms with E-state index in [0.717, 1.165) is 4.90 Å². The molecular formula is C24H19NO4S. The molecule has 0 bridgehead atoms. The predicted molar refractivity (Wildman–Crippen MR) is 118 cm³/mol. The van der Waals surface area contributed by atoms with Crippen molar-refractivity contribution >= 4 is 34.8 Å². The molecule has 1 heterocycles. The van der Waals surface area contributed by atoms with E-state index in [1.165, 1.54) is 23.8 Å². The second-order valence-electron chi connectivity index (χ2n) is 6.47. The minimum Gasteiger partial charge on any atom is -0.493 e. The fourth-order valence-electron chi connectivity index (χ4n) is 3.27. The van der Waals surface area contributed by atoms with Crippen LogP contribution < -0.4 is 14.4 Å². The zero-order chi connectivity index (χ0) is 21.1. The van der Waals surface area contributed by atoms with Crippen LogP contribution in [0.5, 0.6) is 11.5 Å². The van der Waals surface area contributed by atoms with E-state index in [2.05, 4.69) is 0 Å². The summed E-state index contributed by atoms with van der Waals surface area (Å²) in [4.78, 5) is 29.3. The van der Waals surface area contributed by atoms with Gasteiger partial charge in [-0.1, -0.05) is 54.2 Å². The van der Waals surface area contributed by atoms with Gasteiger partial charge in [0.15, 0.2) is 11.5 Å². The van der Waals surface area contributed by atoms with Gasteiger partial charge < -0.3 is 9.47 Å². The van der Waals surface area contributed by atoms with Crippen LogP contribution in [0.3, 0.4) is 0 Å². The van der Waals surface area contributed by atoms with Crippen LogP contribution in [0.2, 0.25) is 0 Å². The molecule has 0 N–H and O–H groups in total. The van der Waals surface area contributed by atoms with Crippen molar-refractivity contribution in [1.82, 2.24) is 0 Å². The van der Waals surface area contributed by atoms with Crippen LogP contribution >= 0.6 is 11.8 Å². The van der Waals surface area contributed by atoms with E-state index in [4.69, 9.17) is 9.47 Å². The predicted octanol–water partition coefficient (Wildman–Crippen LogP) is 4.78. The van der Waals surface area contributed by atoms with E-state index >= 15 is 0 Å². The summed E-state index contributed by atoms with van der Waals surface area (Å²) in [6.07, 6.45) is 0. The molecule has 0 radical (unpaired) electrons. The van der Waals surface area contributed by atoms with Gasteiger partial charge in [-0.15, -0.1) is 0 Å². The maximum atomic E-state index is 13.4. The number of ether oxygens (including phenoxy) is 2. The molecular weight excluding hydrogens is 398 g/mol. The lowest BCUT2D eigenvalue weighted by atomic mass is 10.1. The molecule has 6 heteroatoms. The second kappa shape index (κ2) is 8.47. The Kier molecular flexibility index (Phi) is 5.59. The molecule has 0 unspecified atom stereocenters. The molecule has 2 amide bonds. The highest BCUT2D eigenvalue weighted by atomic mass is 32.2. The number of rotatable bonds is 6. The highest BCUT2D eigenvalue weighted by Gasteiger charge is 2.40. The summed E-state index contributed by atoms with van der Waals surface area (Å²) >= 11 is 1.28. The monoisotopic (exact) mass is 417 g/mol. The topological polar surface area (TPSA) is 55.8 Å². The first-order valence-corrected chi connectivity index (χ1v) is 10.1. The smallest absolute Gasteiger partial charge is 0.272 e.